The number of amides is 2. The number of anilines is 1. The number of aryl methyl sites for hydroxylation is 1. The Labute approximate surface area is 182 Å². The minimum Gasteiger partial charge on any atom is -0.483 e. The van der Waals surface area contributed by atoms with Gasteiger partial charge in [-0.25, -0.2) is 4.98 Å². The summed E-state index contributed by atoms with van der Waals surface area (Å²) in [6.45, 7) is 6.44. The highest BCUT2D eigenvalue weighted by molar-refractivity contribution is 7.15. The van der Waals surface area contributed by atoms with Crippen molar-refractivity contribution in [1.29, 1.82) is 0 Å². The lowest BCUT2D eigenvalue weighted by molar-refractivity contribution is -0.126. The maximum atomic E-state index is 12.7. The van der Waals surface area contributed by atoms with Crippen LogP contribution < -0.4 is 10.2 Å². The summed E-state index contributed by atoms with van der Waals surface area (Å²) in [6, 6.07) is 8.17. The van der Waals surface area contributed by atoms with Crippen molar-refractivity contribution < 1.29 is 19.5 Å². The molecular weight excluding hydrogens is 420 g/mol. The number of aromatic nitrogens is 4. The third-order valence-corrected chi connectivity index (χ3v) is 5.71. The molecule has 0 aliphatic carbocycles. The molecule has 1 aliphatic rings. The van der Waals surface area contributed by atoms with Crippen molar-refractivity contribution in [2.75, 3.05) is 11.4 Å². The van der Waals surface area contributed by atoms with Gasteiger partial charge in [-0.1, -0.05) is 23.5 Å². The molecule has 2 N–H and O–H groups in total. The van der Waals surface area contributed by atoms with Crippen molar-refractivity contribution in [1.82, 2.24) is 25.1 Å². The van der Waals surface area contributed by atoms with E-state index in [1.807, 2.05) is 31.2 Å². The molecule has 3 aromatic rings. The number of carboxylic acid groups (broad SMARTS) is 1. The van der Waals surface area contributed by atoms with Crippen molar-refractivity contribution in [3.8, 4) is 0 Å². The SMILES string of the molecule is Cc1nnc(N2CC(C(=O)NCc3nc4ccccc4n3C(C)C)CC2=O)s1.O=CO. The number of para-hydroxylation sites is 2. The molecule has 11 heteroatoms. The first-order chi connectivity index (χ1) is 14.8. The van der Waals surface area contributed by atoms with Crippen molar-refractivity contribution in [2.45, 2.75) is 39.8 Å². The van der Waals surface area contributed by atoms with Gasteiger partial charge in [0.05, 0.1) is 23.5 Å². The van der Waals surface area contributed by atoms with Crippen LogP contribution in [0.4, 0.5) is 5.13 Å². The summed E-state index contributed by atoms with van der Waals surface area (Å²) in [6.07, 6.45) is 0.186. The number of benzene rings is 1. The molecular formula is C20H24N6O4S. The number of hydrogen-bond donors (Lipinski definition) is 2. The van der Waals surface area contributed by atoms with Gasteiger partial charge in [-0.3, -0.25) is 19.3 Å². The fraction of sp³-hybridized carbons (Fsp3) is 0.400. The van der Waals surface area contributed by atoms with E-state index in [-0.39, 0.29) is 30.7 Å². The number of hydrogen-bond acceptors (Lipinski definition) is 7. The number of carbonyl (C=O) groups excluding carboxylic acids is 2. The van der Waals surface area contributed by atoms with Gasteiger partial charge in [0.2, 0.25) is 16.9 Å². The summed E-state index contributed by atoms with van der Waals surface area (Å²) in [5.74, 6) is 0.184. The van der Waals surface area contributed by atoms with Gasteiger partial charge >= 0.3 is 0 Å². The fourth-order valence-electron chi connectivity index (χ4n) is 3.57. The van der Waals surface area contributed by atoms with Crippen LogP contribution in [0.3, 0.4) is 0 Å². The number of nitrogens with one attached hydrogen (secondary N) is 1. The molecule has 1 fully saturated rings. The summed E-state index contributed by atoms with van der Waals surface area (Å²) in [5, 5.41) is 19.2. The summed E-state index contributed by atoms with van der Waals surface area (Å²) in [7, 11) is 0. The monoisotopic (exact) mass is 444 g/mol. The first kappa shape index (κ1) is 22.3. The van der Waals surface area contributed by atoms with Crippen LogP contribution in [0.5, 0.6) is 0 Å². The molecule has 2 amide bonds. The largest absolute Gasteiger partial charge is 0.483 e. The zero-order chi connectivity index (χ0) is 22.5. The van der Waals surface area contributed by atoms with E-state index in [9.17, 15) is 9.59 Å². The predicted molar refractivity (Wildman–Crippen MR) is 116 cm³/mol. The molecule has 1 atom stereocenters. The molecule has 3 heterocycles. The van der Waals surface area contributed by atoms with Gasteiger partial charge in [0, 0.05) is 19.0 Å². The molecule has 0 bridgehead atoms. The normalized spacial score (nSPS) is 15.8. The first-order valence-corrected chi connectivity index (χ1v) is 10.6. The molecule has 2 aromatic heterocycles. The Morgan fingerprint density at radius 3 is 2.71 bits per heavy atom. The average molecular weight is 445 g/mol. The summed E-state index contributed by atoms with van der Waals surface area (Å²) in [5.41, 5.74) is 1.96. The lowest BCUT2D eigenvalue weighted by atomic mass is 10.1. The van der Waals surface area contributed by atoms with E-state index in [1.54, 1.807) is 4.90 Å². The van der Waals surface area contributed by atoms with Crippen LogP contribution in [0.15, 0.2) is 24.3 Å². The molecule has 0 spiro atoms. The van der Waals surface area contributed by atoms with Crippen molar-refractivity contribution >= 4 is 45.8 Å². The second kappa shape index (κ2) is 9.65. The van der Waals surface area contributed by atoms with Crippen molar-refractivity contribution in [3.05, 3.63) is 35.1 Å². The number of imidazole rings is 1. The van der Waals surface area contributed by atoms with Crippen LogP contribution in [0.25, 0.3) is 11.0 Å². The molecule has 31 heavy (non-hydrogen) atoms. The van der Waals surface area contributed by atoms with E-state index >= 15 is 0 Å². The minimum atomic E-state index is -0.395. The van der Waals surface area contributed by atoms with Crippen LogP contribution in [0, 0.1) is 12.8 Å². The van der Waals surface area contributed by atoms with Crippen LogP contribution in [-0.2, 0) is 20.9 Å². The van der Waals surface area contributed by atoms with Crippen LogP contribution in [0.2, 0.25) is 0 Å². The van der Waals surface area contributed by atoms with Gasteiger partial charge in [0.15, 0.2) is 0 Å². The second-order valence-electron chi connectivity index (χ2n) is 7.31. The second-order valence-corrected chi connectivity index (χ2v) is 8.47. The lowest BCUT2D eigenvalue weighted by Gasteiger charge is -2.15. The molecule has 164 valence electrons. The van der Waals surface area contributed by atoms with Gasteiger partial charge < -0.3 is 15.0 Å². The number of nitrogens with zero attached hydrogens (tertiary/aromatic N) is 5. The summed E-state index contributed by atoms with van der Waals surface area (Å²) < 4.78 is 2.13. The Bertz CT molecular complexity index is 1090. The number of rotatable bonds is 5. The van der Waals surface area contributed by atoms with Crippen molar-refractivity contribution in [3.63, 3.8) is 0 Å². The zero-order valence-electron chi connectivity index (χ0n) is 17.5. The van der Waals surface area contributed by atoms with E-state index in [4.69, 9.17) is 9.90 Å². The smallest absolute Gasteiger partial charge is 0.290 e. The van der Waals surface area contributed by atoms with Crippen LogP contribution >= 0.6 is 11.3 Å². The predicted octanol–water partition coefficient (Wildman–Crippen LogP) is 2.15. The third-order valence-electron chi connectivity index (χ3n) is 4.85. The van der Waals surface area contributed by atoms with Crippen LogP contribution in [0.1, 0.15) is 37.1 Å². The molecule has 1 saturated heterocycles. The molecule has 10 nitrogen and oxygen atoms in total. The topological polar surface area (TPSA) is 130 Å². The van der Waals surface area contributed by atoms with Gasteiger partial charge in [-0.15, -0.1) is 10.2 Å². The minimum absolute atomic E-state index is 0.0919. The Morgan fingerprint density at radius 1 is 1.35 bits per heavy atom. The Morgan fingerprint density at radius 2 is 2.06 bits per heavy atom. The average Bonchev–Trinajstić information content (AvgIpc) is 3.42. The Kier molecular flexibility index (Phi) is 6.95. The maximum Gasteiger partial charge on any atom is 0.290 e. The highest BCUT2D eigenvalue weighted by atomic mass is 32.1. The van der Waals surface area contributed by atoms with E-state index in [1.165, 1.54) is 11.3 Å². The highest BCUT2D eigenvalue weighted by Gasteiger charge is 2.36. The number of carbonyl (C=O) groups is 3. The van der Waals surface area contributed by atoms with Gasteiger partial charge in [-0.05, 0) is 32.9 Å². The maximum absolute atomic E-state index is 12.7. The van der Waals surface area contributed by atoms with Gasteiger partial charge in [0.1, 0.15) is 10.8 Å². The van der Waals surface area contributed by atoms with E-state index < -0.39 is 5.92 Å². The zero-order valence-corrected chi connectivity index (χ0v) is 18.3. The molecule has 0 saturated carbocycles. The quantitative estimate of drug-likeness (QED) is 0.577. The Hall–Kier alpha value is -3.34. The molecule has 4 rings (SSSR count). The summed E-state index contributed by atoms with van der Waals surface area (Å²) in [4.78, 5) is 39.6. The van der Waals surface area contributed by atoms with Gasteiger partial charge in [-0.2, -0.15) is 0 Å². The third kappa shape index (κ3) is 4.88. The van der Waals surface area contributed by atoms with Crippen LogP contribution in [-0.4, -0.2) is 49.7 Å². The van der Waals surface area contributed by atoms with E-state index in [0.717, 1.165) is 21.9 Å². The fourth-order valence-corrected chi connectivity index (χ4v) is 4.28. The molecule has 1 unspecified atom stereocenters. The first-order valence-electron chi connectivity index (χ1n) is 9.77. The Balaban J connectivity index is 0.000000858. The molecule has 1 aliphatic heterocycles. The van der Waals surface area contributed by atoms with Gasteiger partial charge in [0.25, 0.3) is 6.47 Å². The highest BCUT2D eigenvalue weighted by Crippen LogP contribution is 2.28. The van der Waals surface area contributed by atoms with E-state index in [0.29, 0.717) is 18.2 Å². The standard InChI is InChI=1S/C19H22N6O2S.CH2O2/c1-11(2)25-15-7-5-4-6-14(15)21-16(25)9-20-18(27)13-8-17(26)24(10-13)19-23-22-12(3)28-19;2-1-3/h4-7,11,13H,8-10H2,1-3H3,(H,20,27);1H,(H,2,3). The lowest BCUT2D eigenvalue weighted by Crippen LogP contribution is -2.33. The van der Waals surface area contributed by atoms with Crippen molar-refractivity contribution in [2.24, 2.45) is 5.92 Å². The molecule has 0 radical (unpaired) electrons. The summed E-state index contributed by atoms with van der Waals surface area (Å²) >= 11 is 1.36. The molecule has 1 aromatic carbocycles. The van der Waals surface area contributed by atoms with E-state index in [2.05, 4.69) is 38.9 Å². The number of fused-ring (bicyclic) bond motifs is 1.